The molecule has 7 nitrogen and oxygen atoms in total. The molecule has 142 valence electrons. The lowest BCUT2D eigenvalue weighted by molar-refractivity contribution is 0.102. The van der Waals surface area contributed by atoms with Crippen molar-refractivity contribution in [3.8, 4) is 17.6 Å². The number of aryl methyl sites for hydroxylation is 1. The summed E-state index contributed by atoms with van der Waals surface area (Å²) < 4.78 is 6.59. The van der Waals surface area contributed by atoms with Crippen LogP contribution < -0.4 is 10.1 Å². The van der Waals surface area contributed by atoms with E-state index in [1.165, 1.54) is 10.9 Å². The SMILES string of the molecule is COc1ccc(C(=O)Nc2c(C#N)cnn2-c2cc(C)c3ccccc3n2)cc1. The van der Waals surface area contributed by atoms with Crippen LogP contribution in [0.5, 0.6) is 5.75 Å². The van der Waals surface area contributed by atoms with E-state index in [9.17, 15) is 10.1 Å². The largest absolute Gasteiger partial charge is 0.497 e. The summed E-state index contributed by atoms with van der Waals surface area (Å²) in [5.41, 5.74) is 2.51. The van der Waals surface area contributed by atoms with Gasteiger partial charge in [-0.15, -0.1) is 0 Å². The summed E-state index contributed by atoms with van der Waals surface area (Å²) in [6.45, 7) is 1.98. The molecule has 0 aliphatic rings. The Morgan fingerprint density at radius 3 is 2.66 bits per heavy atom. The zero-order chi connectivity index (χ0) is 20.4. The van der Waals surface area contributed by atoms with Crippen molar-refractivity contribution < 1.29 is 9.53 Å². The van der Waals surface area contributed by atoms with Crippen LogP contribution in [0, 0.1) is 18.3 Å². The van der Waals surface area contributed by atoms with Crippen molar-refractivity contribution in [3.05, 3.63) is 77.5 Å². The van der Waals surface area contributed by atoms with Gasteiger partial charge in [0.05, 0.1) is 18.8 Å². The normalized spacial score (nSPS) is 10.5. The quantitative estimate of drug-likeness (QED) is 0.578. The number of nitrogens with one attached hydrogen (secondary N) is 1. The number of hydrogen-bond acceptors (Lipinski definition) is 5. The van der Waals surface area contributed by atoms with E-state index in [1.807, 2.05) is 37.3 Å². The number of benzene rings is 2. The number of fused-ring (bicyclic) bond motifs is 1. The van der Waals surface area contributed by atoms with Crippen LogP contribution in [-0.2, 0) is 0 Å². The van der Waals surface area contributed by atoms with Crippen LogP contribution in [-0.4, -0.2) is 27.8 Å². The Kier molecular flexibility index (Phi) is 4.67. The topological polar surface area (TPSA) is 92.8 Å². The molecule has 0 saturated heterocycles. The number of pyridine rings is 1. The van der Waals surface area contributed by atoms with Gasteiger partial charge < -0.3 is 10.1 Å². The Morgan fingerprint density at radius 2 is 1.93 bits per heavy atom. The molecule has 2 heterocycles. The maximum absolute atomic E-state index is 12.7. The highest BCUT2D eigenvalue weighted by atomic mass is 16.5. The van der Waals surface area contributed by atoms with Gasteiger partial charge >= 0.3 is 0 Å². The number of methoxy groups -OCH3 is 1. The Bertz CT molecular complexity index is 1250. The Balaban J connectivity index is 1.74. The molecule has 1 amide bonds. The summed E-state index contributed by atoms with van der Waals surface area (Å²) in [6.07, 6.45) is 1.41. The Hall–Kier alpha value is -4.18. The molecule has 4 rings (SSSR count). The third kappa shape index (κ3) is 3.39. The molecule has 0 atom stereocenters. The van der Waals surface area contributed by atoms with E-state index in [1.54, 1.807) is 31.4 Å². The van der Waals surface area contributed by atoms with Crippen LogP contribution in [0.3, 0.4) is 0 Å². The predicted octanol–water partition coefficient (Wildman–Crippen LogP) is 3.86. The number of nitrogens with zero attached hydrogens (tertiary/aromatic N) is 4. The van der Waals surface area contributed by atoms with Crippen LogP contribution in [0.4, 0.5) is 5.82 Å². The first-order valence-electron chi connectivity index (χ1n) is 8.91. The zero-order valence-electron chi connectivity index (χ0n) is 15.9. The van der Waals surface area contributed by atoms with Crippen LogP contribution in [0.25, 0.3) is 16.7 Å². The number of aromatic nitrogens is 3. The van der Waals surface area contributed by atoms with Gasteiger partial charge in [0.1, 0.15) is 17.4 Å². The molecule has 0 aliphatic carbocycles. The summed E-state index contributed by atoms with van der Waals surface area (Å²) in [7, 11) is 1.56. The molecule has 29 heavy (non-hydrogen) atoms. The van der Waals surface area contributed by atoms with Crippen LogP contribution in [0.2, 0.25) is 0 Å². The zero-order valence-corrected chi connectivity index (χ0v) is 15.9. The molecule has 2 aromatic heterocycles. The highest BCUT2D eigenvalue weighted by molar-refractivity contribution is 6.04. The lowest BCUT2D eigenvalue weighted by atomic mass is 10.1. The van der Waals surface area contributed by atoms with Gasteiger partial charge in [-0.2, -0.15) is 15.0 Å². The lowest BCUT2D eigenvalue weighted by Crippen LogP contribution is -2.16. The van der Waals surface area contributed by atoms with Crippen LogP contribution in [0.15, 0.2) is 60.8 Å². The van der Waals surface area contributed by atoms with Crippen molar-refractivity contribution in [1.82, 2.24) is 14.8 Å². The van der Waals surface area contributed by atoms with Gasteiger partial charge in [-0.25, -0.2) is 4.98 Å². The smallest absolute Gasteiger partial charge is 0.256 e. The lowest BCUT2D eigenvalue weighted by Gasteiger charge is -2.11. The van der Waals surface area contributed by atoms with E-state index in [4.69, 9.17) is 4.74 Å². The van der Waals surface area contributed by atoms with E-state index in [-0.39, 0.29) is 17.3 Å². The molecule has 0 saturated carbocycles. The number of nitriles is 1. The number of hydrogen-bond donors (Lipinski definition) is 1. The average molecular weight is 383 g/mol. The molecule has 2 aromatic carbocycles. The molecule has 0 bridgehead atoms. The van der Waals surface area contributed by atoms with Gasteiger partial charge in [-0.05, 0) is 48.9 Å². The van der Waals surface area contributed by atoms with Crippen molar-refractivity contribution in [2.75, 3.05) is 12.4 Å². The van der Waals surface area contributed by atoms with Gasteiger partial charge in [0.25, 0.3) is 5.91 Å². The second-order valence-corrected chi connectivity index (χ2v) is 6.43. The van der Waals surface area contributed by atoms with Crippen molar-refractivity contribution in [3.63, 3.8) is 0 Å². The first kappa shape index (κ1) is 18.2. The number of ether oxygens (including phenoxy) is 1. The van der Waals surface area contributed by atoms with Crippen LogP contribution in [0.1, 0.15) is 21.5 Å². The molecular weight excluding hydrogens is 366 g/mol. The van der Waals surface area contributed by atoms with Gasteiger partial charge in [0.2, 0.25) is 0 Å². The fourth-order valence-corrected chi connectivity index (χ4v) is 3.09. The predicted molar refractivity (Wildman–Crippen MR) is 109 cm³/mol. The van der Waals surface area contributed by atoms with E-state index in [0.717, 1.165) is 16.5 Å². The molecule has 0 radical (unpaired) electrons. The molecule has 0 aliphatic heterocycles. The maximum Gasteiger partial charge on any atom is 0.256 e. The summed E-state index contributed by atoms with van der Waals surface area (Å²) in [5.74, 6) is 1.09. The third-order valence-electron chi connectivity index (χ3n) is 4.60. The molecule has 0 spiro atoms. The number of anilines is 1. The molecule has 0 unspecified atom stereocenters. The molecule has 1 N–H and O–H groups in total. The number of carbonyl (C=O) groups excluding carboxylic acids is 1. The highest BCUT2D eigenvalue weighted by Crippen LogP contribution is 2.24. The minimum Gasteiger partial charge on any atom is -0.497 e. The fourth-order valence-electron chi connectivity index (χ4n) is 3.09. The number of para-hydroxylation sites is 1. The van der Waals surface area contributed by atoms with E-state index < -0.39 is 0 Å². The number of rotatable bonds is 4. The van der Waals surface area contributed by atoms with E-state index >= 15 is 0 Å². The summed E-state index contributed by atoms with van der Waals surface area (Å²) in [6, 6.07) is 18.4. The van der Waals surface area contributed by atoms with Crippen molar-refractivity contribution in [1.29, 1.82) is 5.26 Å². The van der Waals surface area contributed by atoms with Crippen molar-refractivity contribution in [2.45, 2.75) is 6.92 Å². The third-order valence-corrected chi connectivity index (χ3v) is 4.60. The molecule has 7 heteroatoms. The monoisotopic (exact) mass is 383 g/mol. The standard InChI is InChI=1S/C22H17N5O2/c1-14-11-20(25-19-6-4-3-5-18(14)19)27-21(16(12-23)13-24-27)26-22(28)15-7-9-17(29-2)10-8-15/h3-11,13H,1-2H3,(H,26,28). The molecule has 4 aromatic rings. The number of amides is 1. The Labute approximate surface area is 167 Å². The summed E-state index contributed by atoms with van der Waals surface area (Å²) in [5, 5.41) is 17.6. The second kappa shape index (κ2) is 7.44. The van der Waals surface area contributed by atoms with E-state index in [0.29, 0.717) is 17.1 Å². The molecular formula is C22H17N5O2. The fraction of sp³-hybridized carbons (Fsp3) is 0.0909. The van der Waals surface area contributed by atoms with Crippen molar-refractivity contribution >= 4 is 22.6 Å². The Morgan fingerprint density at radius 1 is 1.17 bits per heavy atom. The van der Waals surface area contributed by atoms with E-state index in [2.05, 4.69) is 21.5 Å². The first-order valence-corrected chi connectivity index (χ1v) is 8.91. The van der Waals surface area contributed by atoms with Gasteiger partial charge in [0, 0.05) is 10.9 Å². The van der Waals surface area contributed by atoms with Gasteiger partial charge in [-0.3, -0.25) is 4.79 Å². The average Bonchev–Trinajstić information content (AvgIpc) is 3.16. The summed E-state index contributed by atoms with van der Waals surface area (Å²) in [4.78, 5) is 17.4. The highest BCUT2D eigenvalue weighted by Gasteiger charge is 2.18. The van der Waals surface area contributed by atoms with Gasteiger partial charge in [-0.1, -0.05) is 18.2 Å². The molecule has 0 fully saturated rings. The number of carbonyl (C=O) groups is 1. The maximum atomic E-state index is 12.7. The minimum absolute atomic E-state index is 0.250. The second-order valence-electron chi connectivity index (χ2n) is 6.43. The van der Waals surface area contributed by atoms with Crippen LogP contribution >= 0.6 is 0 Å². The van der Waals surface area contributed by atoms with Gasteiger partial charge in [0.15, 0.2) is 11.6 Å². The minimum atomic E-state index is -0.358. The summed E-state index contributed by atoms with van der Waals surface area (Å²) >= 11 is 0. The first-order chi connectivity index (χ1) is 14.1. The van der Waals surface area contributed by atoms with Crippen molar-refractivity contribution in [2.24, 2.45) is 0 Å².